The molecular weight excluding hydrogens is 400 g/mol. The predicted molar refractivity (Wildman–Crippen MR) is 133 cm³/mol. The Morgan fingerprint density at radius 1 is 1.25 bits per heavy atom. The van der Waals surface area contributed by atoms with Gasteiger partial charge in [0.15, 0.2) is 0 Å². The molecule has 0 atom stereocenters. The monoisotopic (exact) mass is 438 g/mol. The summed E-state index contributed by atoms with van der Waals surface area (Å²) in [6.07, 6.45) is 12.8. The van der Waals surface area contributed by atoms with Crippen LogP contribution in [0.3, 0.4) is 0 Å². The zero-order chi connectivity index (χ0) is 23.5. The van der Waals surface area contributed by atoms with Gasteiger partial charge in [0.1, 0.15) is 5.76 Å². The number of fused-ring (bicyclic) bond motifs is 1. The first-order valence-corrected chi connectivity index (χ1v) is 11.5. The minimum atomic E-state index is 0.282. The predicted octanol–water partition coefficient (Wildman–Crippen LogP) is 6.02. The molecule has 0 saturated heterocycles. The zero-order valence-electron chi connectivity index (χ0n) is 20.4. The summed E-state index contributed by atoms with van der Waals surface area (Å²) in [4.78, 5) is 21.2. The van der Waals surface area contributed by atoms with E-state index in [1.807, 2.05) is 44.2 Å². The van der Waals surface area contributed by atoms with Crippen LogP contribution in [0, 0.1) is 5.92 Å². The van der Waals surface area contributed by atoms with Crippen LogP contribution in [0.4, 0.5) is 5.95 Å². The van der Waals surface area contributed by atoms with Gasteiger partial charge in [0.25, 0.3) is 0 Å². The molecule has 1 aliphatic rings. The highest BCUT2D eigenvalue weighted by Gasteiger charge is 2.18. The molecule has 1 fully saturated rings. The van der Waals surface area contributed by atoms with Crippen LogP contribution in [0.15, 0.2) is 42.3 Å². The van der Waals surface area contributed by atoms with Crippen molar-refractivity contribution in [1.82, 2.24) is 14.9 Å². The van der Waals surface area contributed by atoms with Gasteiger partial charge < -0.3 is 9.64 Å². The van der Waals surface area contributed by atoms with Crippen molar-refractivity contribution < 1.29 is 9.53 Å². The number of carbonyl (C=O) groups excluding carboxylic acids is 1. The molecule has 6 heteroatoms. The van der Waals surface area contributed by atoms with E-state index in [0.29, 0.717) is 6.41 Å². The number of amides is 1. The van der Waals surface area contributed by atoms with Crippen molar-refractivity contribution in [3.63, 3.8) is 0 Å². The number of anilines is 1. The molecule has 3 rings (SSSR count). The Bertz CT molecular complexity index is 929. The van der Waals surface area contributed by atoms with Crippen molar-refractivity contribution in [2.24, 2.45) is 5.92 Å². The summed E-state index contributed by atoms with van der Waals surface area (Å²) in [7, 11) is 4.39. The molecule has 0 aliphatic heterocycles. The van der Waals surface area contributed by atoms with Gasteiger partial charge in [0, 0.05) is 23.2 Å². The third kappa shape index (κ3) is 7.75. The third-order valence-corrected chi connectivity index (χ3v) is 5.80. The van der Waals surface area contributed by atoms with Gasteiger partial charge in [-0.05, 0) is 84.2 Å². The van der Waals surface area contributed by atoms with Crippen LogP contribution >= 0.6 is 0 Å². The van der Waals surface area contributed by atoms with Crippen LogP contribution in [0.2, 0.25) is 0 Å². The first kappa shape index (κ1) is 25.5. The van der Waals surface area contributed by atoms with Gasteiger partial charge in [-0.15, -0.1) is 0 Å². The Kier molecular flexibility index (Phi) is 10.3. The number of nitrogens with one attached hydrogen (secondary N) is 1. The van der Waals surface area contributed by atoms with E-state index in [1.165, 1.54) is 25.7 Å². The lowest BCUT2D eigenvalue weighted by molar-refractivity contribution is -0.105. The van der Waals surface area contributed by atoms with Gasteiger partial charge in [0.2, 0.25) is 12.4 Å². The fourth-order valence-corrected chi connectivity index (χ4v) is 3.84. The lowest BCUT2D eigenvalue weighted by Gasteiger charge is -2.30. The van der Waals surface area contributed by atoms with Crippen molar-refractivity contribution in [1.29, 1.82) is 0 Å². The molecule has 174 valence electrons. The van der Waals surface area contributed by atoms with E-state index in [1.54, 1.807) is 6.20 Å². The molecule has 1 amide bonds. The Morgan fingerprint density at radius 2 is 1.97 bits per heavy atom. The SMILES string of the molecule is C/C=C(\O/C(C)=C/CC)c1ccc2cnc(NC=O)nc2c1.CC1CCC(N(C)C)CC1. The van der Waals surface area contributed by atoms with Crippen molar-refractivity contribution in [2.75, 3.05) is 19.4 Å². The average Bonchev–Trinajstić information content (AvgIpc) is 2.78. The average molecular weight is 439 g/mol. The van der Waals surface area contributed by atoms with E-state index < -0.39 is 0 Å². The molecule has 0 radical (unpaired) electrons. The number of carbonyl (C=O) groups is 1. The molecule has 32 heavy (non-hydrogen) atoms. The molecule has 1 heterocycles. The number of allylic oxidation sites excluding steroid dienone is 3. The fourth-order valence-electron chi connectivity index (χ4n) is 3.84. The first-order valence-electron chi connectivity index (χ1n) is 11.5. The first-order chi connectivity index (χ1) is 15.4. The van der Waals surface area contributed by atoms with Gasteiger partial charge in [-0.25, -0.2) is 9.97 Å². The number of rotatable bonds is 7. The Morgan fingerprint density at radius 3 is 2.56 bits per heavy atom. The van der Waals surface area contributed by atoms with Crippen LogP contribution < -0.4 is 5.32 Å². The second-order valence-corrected chi connectivity index (χ2v) is 8.58. The summed E-state index contributed by atoms with van der Waals surface area (Å²) in [5.41, 5.74) is 1.67. The topological polar surface area (TPSA) is 67.3 Å². The summed E-state index contributed by atoms with van der Waals surface area (Å²) >= 11 is 0. The van der Waals surface area contributed by atoms with Crippen LogP contribution in [0.25, 0.3) is 16.7 Å². The van der Waals surface area contributed by atoms with Gasteiger partial charge >= 0.3 is 0 Å². The number of benzene rings is 1. The van der Waals surface area contributed by atoms with Crippen molar-refractivity contribution >= 4 is 29.0 Å². The molecule has 0 spiro atoms. The van der Waals surface area contributed by atoms with Gasteiger partial charge in [0.05, 0.1) is 11.3 Å². The van der Waals surface area contributed by atoms with Crippen molar-refractivity contribution in [3.05, 3.63) is 47.9 Å². The molecule has 1 aliphatic carbocycles. The minimum absolute atomic E-state index is 0.282. The number of hydrogen-bond acceptors (Lipinski definition) is 5. The number of ether oxygens (including phenoxy) is 1. The standard InChI is InChI=1S/C17H19N3O2.C9H19N/c1-4-6-12(3)22-16(5-2)13-7-8-14-10-18-17(19-11-21)20-15(14)9-13;1-8-4-6-9(7-5-8)10(2)3/h5-11H,4H2,1-3H3,(H,18,19,20,21);8-9H,4-7H2,1-3H3/b12-6+,16-5-;. The second-order valence-electron chi connectivity index (χ2n) is 8.58. The fraction of sp³-hybridized carbons (Fsp3) is 0.500. The molecule has 0 bridgehead atoms. The van der Waals surface area contributed by atoms with Crippen LogP contribution in [-0.2, 0) is 9.53 Å². The highest BCUT2D eigenvalue weighted by atomic mass is 16.5. The van der Waals surface area contributed by atoms with E-state index in [2.05, 4.69) is 48.1 Å². The quantitative estimate of drug-likeness (QED) is 0.423. The van der Waals surface area contributed by atoms with E-state index in [4.69, 9.17) is 4.74 Å². The smallest absolute Gasteiger partial charge is 0.229 e. The molecule has 1 aromatic heterocycles. The molecule has 2 aromatic rings. The zero-order valence-corrected chi connectivity index (χ0v) is 20.4. The molecule has 1 N–H and O–H groups in total. The van der Waals surface area contributed by atoms with Crippen molar-refractivity contribution in [2.45, 2.75) is 65.8 Å². The largest absolute Gasteiger partial charge is 0.462 e. The van der Waals surface area contributed by atoms with E-state index in [0.717, 1.165) is 46.4 Å². The maximum atomic E-state index is 10.5. The second kappa shape index (κ2) is 13.0. The van der Waals surface area contributed by atoms with E-state index >= 15 is 0 Å². The minimum Gasteiger partial charge on any atom is -0.462 e. The molecule has 0 unspecified atom stereocenters. The third-order valence-electron chi connectivity index (χ3n) is 5.80. The Hall–Kier alpha value is -2.73. The van der Waals surface area contributed by atoms with Crippen LogP contribution in [0.1, 0.15) is 65.4 Å². The number of aromatic nitrogens is 2. The summed E-state index contributed by atoms with van der Waals surface area (Å²) in [6, 6.07) is 6.69. The highest BCUT2D eigenvalue weighted by Crippen LogP contribution is 2.25. The number of nitrogens with zero attached hydrogens (tertiary/aromatic N) is 3. The Labute approximate surface area is 192 Å². The van der Waals surface area contributed by atoms with Gasteiger partial charge in [-0.3, -0.25) is 10.1 Å². The lowest BCUT2D eigenvalue weighted by atomic mass is 9.87. The summed E-state index contributed by atoms with van der Waals surface area (Å²) in [5, 5.41) is 3.35. The highest BCUT2D eigenvalue weighted by molar-refractivity contribution is 5.83. The van der Waals surface area contributed by atoms with Crippen LogP contribution in [-0.4, -0.2) is 41.4 Å². The molecular formula is C26H38N4O2. The van der Waals surface area contributed by atoms with E-state index in [-0.39, 0.29) is 5.95 Å². The normalized spacial score (nSPS) is 19.3. The van der Waals surface area contributed by atoms with Gasteiger partial charge in [-0.1, -0.05) is 26.0 Å². The molecule has 1 saturated carbocycles. The Balaban J connectivity index is 0.000000303. The lowest BCUT2D eigenvalue weighted by Crippen LogP contribution is -2.31. The van der Waals surface area contributed by atoms with Gasteiger partial charge in [-0.2, -0.15) is 0 Å². The maximum Gasteiger partial charge on any atom is 0.229 e. The summed E-state index contributed by atoms with van der Waals surface area (Å²) in [6.45, 7) is 8.29. The van der Waals surface area contributed by atoms with Crippen molar-refractivity contribution in [3.8, 4) is 0 Å². The number of hydrogen-bond donors (Lipinski definition) is 1. The van der Waals surface area contributed by atoms with E-state index in [9.17, 15) is 4.79 Å². The maximum absolute atomic E-state index is 10.5. The van der Waals surface area contributed by atoms with Crippen LogP contribution in [0.5, 0.6) is 0 Å². The summed E-state index contributed by atoms with van der Waals surface area (Å²) < 4.78 is 5.86. The molecule has 1 aromatic carbocycles. The molecule has 6 nitrogen and oxygen atoms in total. The summed E-state index contributed by atoms with van der Waals surface area (Å²) in [5.74, 6) is 2.90.